The Labute approximate surface area is 108 Å². The number of nitrogens with zero attached hydrogens (tertiary/aromatic N) is 2. The number of hydrogen-bond acceptors (Lipinski definition) is 2. The first-order valence-electron chi connectivity index (χ1n) is 4.83. The van der Waals surface area contributed by atoms with Gasteiger partial charge in [-0.25, -0.2) is 4.98 Å². The van der Waals surface area contributed by atoms with E-state index in [4.69, 9.17) is 28.9 Å². The minimum atomic E-state index is -0.444. The van der Waals surface area contributed by atoms with Crippen LogP contribution in [0.2, 0.25) is 10.3 Å². The molecule has 0 fully saturated rings. The van der Waals surface area contributed by atoms with Crippen molar-refractivity contribution in [3.8, 4) is 0 Å². The lowest BCUT2D eigenvalue weighted by Gasteiger charge is -2.04. The Morgan fingerprint density at radius 3 is 2.41 bits per heavy atom. The topological polar surface area (TPSA) is 60.9 Å². The van der Waals surface area contributed by atoms with Gasteiger partial charge in [-0.15, -0.1) is 0 Å². The van der Waals surface area contributed by atoms with Gasteiger partial charge in [0, 0.05) is 12.1 Å². The Balaban J connectivity index is 2.19. The average molecular weight is 270 g/mol. The summed E-state index contributed by atoms with van der Waals surface area (Å²) in [7, 11) is 0. The zero-order valence-corrected chi connectivity index (χ0v) is 10.2. The fourth-order valence-electron chi connectivity index (χ4n) is 1.42. The van der Waals surface area contributed by atoms with Crippen molar-refractivity contribution < 1.29 is 4.79 Å². The number of hydrogen-bond donors (Lipinski definition) is 1. The highest BCUT2D eigenvalue weighted by Crippen LogP contribution is 2.20. The third kappa shape index (κ3) is 2.60. The van der Waals surface area contributed by atoms with Gasteiger partial charge in [-0.1, -0.05) is 35.3 Å². The first-order chi connectivity index (χ1) is 8.08. The molecule has 2 rings (SSSR count). The number of nitrogens with two attached hydrogens (primary N) is 1. The third-order valence-corrected chi connectivity index (χ3v) is 3.09. The first-order valence-corrected chi connectivity index (χ1v) is 5.58. The molecule has 1 heterocycles. The van der Waals surface area contributed by atoms with Crippen LogP contribution in [-0.2, 0) is 6.54 Å². The lowest BCUT2D eigenvalue weighted by atomic mass is 10.1. The van der Waals surface area contributed by atoms with E-state index in [1.54, 1.807) is 23.0 Å². The molecule has 0 radical (unpaired) electrons. The second kappa shape index (κ2) is 4.77. The highest BCUT2D eigenvalue weighted by atomic mass is 35.5. The molecule has 0 unspecified atom stereocenters. The number of primary amides is 1. The minimum absolute atomic E-state index is 0.278. The maximum Gasteiger partial charge on any atom is 0.248 e. The molecule has 2 aromatic rings. The van der Waals surface area contributed by atoms with E-state index in [-0.39, 0.29) is 5.15 Å². The van der Waals surface area contributed by atoms with Crippen LogP contribution in [0.25, 0.3) is 0 Å². The fraction of sp³-hybridized carbons (Fsp3) is 0.0909. The van der Waals surface area contributed by atoms with Gasteiger partial charge in [-0.3, -0.25) is 4.79 Å². The highest BCUT2D eigenvalue weighted by Gasteiger charge is 2.06. The van der Waals surface area contributed by atoms with Crippen molar-refractivity contribution in [3.05, 3.63) is 52.0 Å². The molecule has 4 nitrogen and oxygen atoms in total. The molecule has 1 aromatic carbocycles. The molecule has 6 heteroatoms. The normalized spacial score (nSPS) is 10.5. The lowest BCUT2D eigenvalue weighted by Crippen LogP contribution is -2.10. The summed E-state index contributed by atoms with van der Waals surface area (Å²) >= 11 is 11.7. The number of amides is 1. The Morgan fingerprint density at radius 1 is 1.29 bits per heavy atom. The van der Waals surface area contributed by atoms with E-state index in [0.29, 0.717) is 17.3 Å². The maximum atomic E-state index is 10.9. The summed E-state index contributed by atoms with van der Waals surface area (Å²) in [5.74, 6) is -0.444. The van der Waals surface area contributed by atoms with Gasteiger partial charge in [-0.2, -0.15) is 0 Å². The number of rotatable bonds is 3. The van der Waals surface area contributed by atoms with Gasteiger partial charge in [0.15, 0.2) is 5.15 Å². The van der Waals surface area contributed by atoms with Gasteiger partial charge in [0.25, 0.3) is 0 Å². The van der Waals surface area contributed by atoms with Gasteiger partial charge in [0.1, 0.15) is 5.15 Å². The van der Waals surface area contributed by atoms with Gasteiger partial charge in [0.2, 0.25) is 5.91 Å². The molecule has 0 saturated heterocycles. The van der Waals surface area contributed by atoms with Crippen LogP contribution in [0.1, 0.15) is 15.9 Å². The van der Waals surface area contributed by atoms with Crippen molar-refractivity contribution in [2.45, 2.75) is 6.54 Å². The highest BCUT2D eigenvalue weighted by molar-refractivity contribution is 6.40. The van der Waals surface area contributed by atoms with Crippen molar-refractivity contribution in [2.24, 2.45) is 5.73 Å². The Morgan fingerprint density at radius 2 is 1.94 bits per heavy atom. The van der Waals surface area contributed by atoms with E-state index in [1.807, 2.05) is 12.1 Å². The van der Waals surface area contributed by atoms with E-state index in [1.165, 1.54) is 0 Å². The molecule has 0 aliphatic rings. The monoisotopic (exact) mass is 269 g/mol. The molecule has 88 valence electrons. The number of benzene rings is 1. The minimum Gasteiger partial charge on any atom is -0.366 e. The van der Waals surface area contributed by atoms with Crippen molar-refractivity contribution in [1.29, 1.82) is 0 Å². The Bertz CT molecular complexity index is 548. The molecule has 1 aromatic heterocycles. The van der Waals surface area contributed by atoms with Crippen molar-refractivity contribution in [2.75, 3.05) is 0 Å². The van der Waals surface area contributed by atoms with E-state index >= 15 is 0 Å². The zero-order valence-electron chi connectivity index (χ0n) is 8.73. The van der Waals surface area contributed by atoms with Crippen LogP contribution in [0.3, 0.4) is 0 Å². The molecule has 0 saturated carbocycles. The van der Waals surface area contributed by atoms with E-state index in [2.05, 4.69) is 4.98 Å². The molecular weight excluding hydrogens is 261 g/mol. The number of carbonyl (C=O) groups excluding carboxylic acids is 1. The number of halogens is 2. The summed E-state index contributed by atoms with van der Waals surface area (Å²) in [6, 6.07) is 6.96. The van der Waals surface area contributed by atoms with E-state index in [9.17, 15) is 4.79 Å². The first kappa shape index (κ1) is 12.0. The van der Waals surface area contributed by atoms with Crippen LogP contribution in [-0.4, -0.2) is 15.5 Å². The van der Waals surface area contributed by atoms with Crippen LogP contribution in [0.4, 0.5) is 0 Å². The molecule has 0 aliphatic carbocycles. The molecule has 0 spiro atoms. The smallest absolute Gasteiger partial charge is 0.248 e. The van der Waals surface area contributed by atoms with E-state index < -0.39 is 5.91 Å². The molecular formula is C11H9Cl2N3O. The summed E-state index contributed by atoms with van der Waals surface area (Å²) in [6.45, 7) is 0.539. The van der Waals surface area contributed by atoms with Gasteiger partial charge < -0.3 is 10.3 Å². The van der Waals surface area contributed by atoms with Crippen molar-refractivity contribution in [1.82, 2.24) is 9.55 Å². The van der Waals surface area contributed by atoms with Gasteiger partial charge >= 0.3 is 0 Å². The summed E-state index contributed by atoms with van der Waals surface area (Å²) in [5.41, 5.74) is 6.60. The summed E-state index contributed by atoms with van der Waals surface area (Å²) in [6.07, 6.45) is 1.56. The van der Waals surface area contributed by atoms with Crippen LogP contribution in [0.5, 0.6) is 0 Å². The fourth-order valence-corrected chi connectivity index (χ4v) is 1.73. The number of carbonyl (C=O) groups is 1. The molecule has 0 bridgehead atoms. The summed E-state index contributed by atoms with van der Waals surface area (Å²) in [4.78, 5) is 14.8. The third-order valence-electron chi connectivity index (χ3n) is 2.32. The van der Waals surface area contributed by atoms with Gasteiger partial charge in [0.05, 0.1) is 6.33 Å². The Kier molecular flexibility index (Phi) is 3.36. The maximum absolute atomic E-state index is 10.9. The lowest BCUT2D eigenvalue weighted by molar-refractivity contribution is 0.100. The zero-order chi connectivity index (χ0) is 12.4. The SMILES string of the molecule is NC(=O)c1ccc(Cn2cnc(Cl)c2Cl)cc1. The van der Waals surface area contributed by atoms with E-state index in [0.717, 1.165) is 5.56 Å². The Hall–Kier alpha value is -1.52. The predicted octanol–water partition coefficient (Wildman–Crippen LogP) is 2.34. The largest absolute Gasteiger partial charge is 0.366 e. The second-order valence-electron chi connectivity index (χ2n) is 3.52. The molecule has 0 atom stereocenters. The number of aromatic nitrogens is 2. The van der Waals surface area contributed by atoms with Crippen molar-refractivity contribution in [3.63, 3.8) is 0 Å². The second-order valence-corrected chi connectivity index (χ2v) is 4.23. The van der Waals surface area contributed by atoms with Crippen LogP contribution in [0, 0.1) is 0 Å². The van der Waals surface area contributed by atoms with Crippen LogP contribution < -0.4 is 5.73 Å². The average Bonchev–Trinajstić information content (AvgIpc) is 2.62. The quantitative estimate of drug-likeness (QED) is 0.930. The predicted molar refractivity (Wildman–Crippen MR) is 66.3 cm³/mol. The van der Waals surface area contributed by atoms with Crippen molar-refractivity contribution >= 4 is 29.1 Å². The van der Waals surface area contributed by atoms with Gasteiger partial charge in [-0.05, 0) is 17.7 Å². The summed E-state index contributed by atoms with van der Waals surface area (Å²) < 4.78 is 1.71. The summed E-state index contributed by atoms with van der Waals surface area (Å²) in [5, 5.41) is 0.672. The number of imidazole rings is 1. The molecule has 0 aliphatic heterocycles. The van der Waals surface area contributed by atoms with Crippen LogP contribution >= 0.6 is 23.2 Å². The standard InChI is InChI=1S/C11H9Cl2N3O/c12-9-10(13)16(6-15-9)5-7-1-3-8(4-2-7)11(14)17/h1-4,6H,5H2,(H2,14,17). The molecule has 17 heavy (non-hydrogen) atoms. The van der Waals surface area contributed by atoms with Crippen LogP contribution in [0.15, 0.2) is 30.6 Å². The molecule has 1 amide bonds. The molecule has 2 N–H and O–H groups in total.